The van der Waals surface area contributed by atoms with Crippen LogP contribution in [0.15, 0.2) is 47.4 Å². The van der Waals surface area contributed by atoms with Gasteiger partial charge in [0.25, 0.3) is 0 Å². The molecule has 4 rings (SSSR count). The van der Waals surface area contributed by atoms with Crippen molar-refractivity contribution in [3.63, 3.8) is 0 Å². The third-order valence-corrected chi connectivity index (χ3v) is 7.55. The van der Waals surface area contributed by atoms with Gasteiger partial charge in [-0.05, 0) is 54.8 Å². The van der Waals surface area contributed by atoms with Gasteiger partial charge in [0.15, 0.2) is 11.5 Å². The molecule has 0 aliphatic carbocycles. The summed E-state index contributed by atoms with van der Waals surface area (Å²) in [6.07, 6.45) is 2.46. The SMILES string of the molecule is COc1ccc(S(=O)(=O)N2CCCC[C@H]2CC(=O)NCc2ccc3c(c2)OCO3)cc1. The minimum atomic E-state index is -3.69. The predicted molar refractivity (Wildman–Crippen MR) is 114 cm³/mol. The molecule has 2 aliphatic rings. The summed E-state index contributed by atoms with van der Waals surface area (Å²) in [6.45, 7) is 0.952. The number of benzene rings is 2. The minimum absolute atomic E-state index is 0.125. The standard InChI is InChI=1S/C22H26N2O6S/c1-28-18-6-8-19(9-7-18)31(26,27)24-11-3-2-4-17(24)13-22(25)23-14-16-5-10-20-21(12-16)30-15-29-20/h5-10,12,17H,2-4,11,13-15H2,1H3,(H,23,25)/t17-/m0/s1. The molecule has 0 bridgehead atoms. The van der Waals surface area contributed by atoms with Crippen LogP contribution in [-0.4, -0.2) is 45.1 Å². The fourth-order valence-electron chi connectivity index (χ4n) is 3.92. The van der Waals surface area contributed by atoms with Crippen molar-refractivity contribution in [2.75, 3.05) is 20.4 Å². The van der Waals surface area contributed by atoms with Crippen LogP contribution in [0.25, 0.3) is 0 Å². The Bertz CT molecular complexity index is 1040. The first-order valence-electron chi connectivity index (χ1n) is 10.3. The van der Waals surface area contributed by atoms with E-state index in [-0.39, 0.29) is 30.1 Å². The highest BCUT2D eigenvalue weighted by Crippen LogP contribution is 2.32. The highest BCUT2D eigenvalue weighted by Gasteiger charge is 2.34. The zero-order chi connectivity index (χ0) is 21.8. The molecule has 2 aromatic rings. The molecule has 0 unspecified atom stereocenters. The van der Waals surface area contributed by atoms with Gasteiger partial charge in [-0.25, -0.2) is 8.42 Å². The average Bonchev–Trinajstić information content (AvgIpc) is 3.26. The van der Waals surface area contributed by atoms with Crippen molar-refractivity contribution < 1.29 is 27.4 Å². The quantitative estimate of drug-likeness (QED) is 0.703. The number of piperidine rings is 1. The molecule has 0 aromatic heterocycles. The van der Waals surface area contributed by atoms with Crippen molar-refractivity contribution in [2.24, 2.45) is 0 Å². The maximum absolute atomic E-state index is 13.2. The highest BCUT2D eigenvalue weighted by molar-refractivity contribution is 7.89. The molecule has 2 aromatic carbocycles. The van der Waals surface area contributed by atoms with Gasteiger partial charge >= 0.3 is 0 Å². The second-order valence-electron chi connectivity index (χ2n) is 7.61. The van der Waals surface area contributed by atoms with Gasteiger partial charge in [0.05, 0.1) is 12.0 Å². The lowest BCUT2D eigenvalue weighted by molar-refractivity contribution is -0.122. The number of rotatable bonds is 7. The van der Waals surface area contributed by atoms with Crippen molar-refractivity contribution in [1.29, 1.82) is 0 Å². The largest absolute Gasteiger partial charge is 0.497 e. The van der Waals surface area contributed by atoms with Gasteiger partial charge in [-0.15, -0.1) is 0 Å². The van der Waals surface area contributed by atoms with E-state index < -0.39 is 10.0 Å². The number of hydrogen-bond acceptors (Lipinski definition) is 6. The molecule has 2 heterocycles. The van der Waals surface area contributed by atoms with Crippen molar-refractivity contribution in [2.45, 2.75) is 43.2 Å². The lowest BCUT2D eigenvalue weighted by Gasteiger charge is -2.34. The molecular formula is C22H26N2O6S. The Kier molecular flexibility index (Phi) is 6.33. The first-order valence-corrected chi connectivity index (χ1v) is 11.7. The van der Waals surface area contributed by atoms with Crippen LogP contribution in [0.4, 0.5) is 0 Å². The predicted octanol–water partition coefficient (Wildman–Crippen LogP) is 2.67. The average molecular weight is 447 g/mol. The Labute approximate surface area is 182 Å². The van der Waals surface area contributed by atoms with Gasteiger partial charge in [0.2, 0.25) is 22.7 Å². The van der Waals surface area contributed by atoms with E-state index in [0.717, 1.165) is 18.4 Å². The zero-order valence-electron chi connectivity index (χ0n) is 17.4. The molecule has 2 aliphatic heterocycles. The van der Waals surface area contributed by atoms with E-state index in [4.69, 9.17) is 14.2 Å². The molecule has 0 saturated carbocycles. The Morgan fingerprint density at radius 1 is 1.13 bits per heavy atom. The zero-order valence-corrected chi connectivity index (χ0v) is 18.2. The summed E-state index contributed by atoms with van der Waals surface area (Å²) in [6, 6.07) is 11.5. The summed E-state index contributed by atoms with van der Waals surface area (Å²) in [4.78, 5) is 12.8. The van der Waals surface area contributed by atoms with Crippen molar-refractivity contribution in [1.82, 2.24) is 9.62 Å². The van der Waals surface area contributed by atoms with Crippen LogP contribution in [0.3, 0.4) is 0 Å². The minimum Gasteiger partial charge on any atom is -0.497 e. The summed E-state index contributed by atoms with van der Waals surface area (Å²) in [5.74, 6) is 1.77. The molecule has 1 saturated heterocycles. The van der Waals surface area contributed by atoms with Crippen LogP contribution in [0.2, 0.25) is 0 Å². The van der Waals surface area contributed by atoms with Gasteiger partial charge in [-0.1, -0.05) is 12.5 Å². The summed E-state index contributed by atoms with van der Waals surface area (Å²) in [5, 5.41) is 2.89. The van der Waals surface area contributed by atoms with E-state index in [1.165, 1.54) is 11.4 Å². The van der Waals surface area contributed by atoms with Crippen LogP contribution in [0, 0.1) is 0 Å². The second kappa shape index (κ2) is 9.15. The van der Waals surface area contributed by atoms with E-state index in [1.54, 1.807) is 24.3 Å². The number of nitrogens with one attached hydrogen (secondary N) is 1. The monoisotopic (exact) mass is 446 g/mol. The van der Waals surface area contributed by atoms with E-state index in [2.05, 4.69) is 5.32 Å². The van der Waals surface area contributed by atoms with Gasteiger partial charge in [-0.3, -0.25) is 4.79 Å². The molecule has 0 radical (unpaired) electrons. The van der Waals surface area contributed by atoms with Crippen LogP contribution in [0.5, 0.6) is 17.2 Å². The molecule has 31 heavy (non-hydrogen) atoms. The van der Waals surface area contributed by atoms with Gasteiger partial charge < -0.3 is 19.5 Å². The smallest absolute Gasteiger partial charge is 0.243 e. The Morgan fingerprint density at radius 2 is 1.90 bits per heavy atom. The third kappa shape index (κ3) is 4.77. The van der Waals surface area contributed by atoms with Crippen LogP contribution in [0.1, 0.15) is 31.2 Å². The van der Waals surface area contributed by atoms with E-state index in [9.17, 15) is 13.2 Å². The second-order valence-corrected chi connectivity index (χ2v) is 9.50. The molecule has 1 amide bonds. The molecule has 8 nitrogen and oxygen atoms in total. The molecule has 1 fully saturated rings. The number of nitrogens with zero attached hydrogens (tertiary/aromatic N) is 1. The van der Waals surface area contributed by atoms with Crippen molar-refractivity contribution in [3.05, 3.63) is 48.0 Å². The lowest BCUT2D eigenvalue weighted by atomic mass is 10.0. The maximum Gasteiger partial charge on any atom is 0.243 e. The summed E-state index contributed by atoms with van der Waals surface area (Å²) in [7, 11) is -2.15. The summed E-state index contributed by atoms with van der Waals surface area (Å²) in [5.41, 5.74) is 0.893. The fourth-order valence-corrected chi connectivity index (χ4v) is 5.61. The first kappa shape index (κ1) is 21.5. The molecule has 9 heteroatoms. The third-order valence-electron chi connectivity index (χ3n) is 5.59. The Balaban J connectivity index is 1.40. The molecule has 1 atom stereocenters. The maximum atomic E-state index is 13.2. The van der Waals surface area contributed by atoms with Crippen molar-refractivity contribution in [3.8, 4) is 17.2 Å². The number of carbonyl (C=O) groups is 1. The molecule has 166 valence electrons. The van der Waals surface area contributed by atoms with Crippen molar-refractivity contribution >= 4 is 15.9 Å². The topological polar surface area (TPSA) is 94.2 Å². The van der Waals surface area contributed by atoms with Crippen LogP contribution >= 0.6 is 0 Å². The number of hydrogen-bond donors (Lipinski definition) is 1. The summed E-state index contributed by atoms with van der Waals surface area (Å²) >= 11 is 0. The highest BCUT2D eigenvalue weighted by atomic mass is 32.2. The number of amides is 1. The Morgan fingerprint density at radius 3 is 2.68 bits per heavy atom. The lowest BCUT2D eigenvalue weighted by Crippen LogP contribution is -2.45. The molecule has 0 spiro atoms. The van der Waals surface area contributed by atoms with Gasteiger partial charge in [0, 0.05) is 25.6 Å². The molecular weight excluding hydrogens is 420 g/mol. The molecule has 1 N–H and O–H groups in total. The van der Waals surface area contributed by atoms with E-state index in [1.807, 2.05) is 18.2 Å². The number of methoxy groups -OCH3 is 1. The number of ether oxygens (including phenoxy) is 3. The number of carbonyl (C=O) groups excluding carboxylic acids is 1. The van der Waals surface area contributed by atoms with E-state index >= 15 is 0 Å². The normalized spacial score (nSPS) is 18.5. The first-order chi connectivity index (χ1) is 15.0. The fraction of sp³-hybridized carbons (Fsp3) is 0.409. The summed E-state index contributed by atoms with van der Waals surface area (Å²) < 4.78 is 43.6. The number of fused-ring (bicyclic) bond motifs is 1. The van der Waals surface area contributed by atoms with E-state index in [0.29, 0.717) is 36.8 Å². The van der Waals surface area contributed by atoms with Crippen LogP contribution in [-0.2, 0) is 21.4 Å². The number of sulfonamides is 1. The van der Waals surface area contributed by atoms with Gasteiger partial charge in [-0.2, -0.15) is 4.31 Å². The Hall–Kier alpha value is -2.78. The van der Waals surface area contributed by atoms with Gasteiger partial charge in [0.1, 0.15) is 5.75 Å². The van der Waals surface area contributed by atoms with Crippen LogP contribution < -0.4 is 19.5 Å².